The lowest BCUT2D eigenvalue weighted by atomic mass is 10.0. The van der Waals surface area contributed by atoms with Gasteiger partial charge in [0.2, 0.25) is 5.91 Å². The lowest BCUT2D eigenvalue weighted by Gasteiger charge is -2.41. The van der Waals surface area contributed by atoms with E-state index in [0.29, 0.717) is 25.3 Å². The van der Waals surface area contributed by atoms with Crippen molar-refractivity contribution in [2.45, 2.75) is 13.0 Å². The third-order valence-corrected chi connectivity index (χ3v) is 5.03. The molecule has 1 atom stereocenters. The van der Waals surface area contributed by atoms with Crippen LogP contribution in [0.2, 0.25) is 0 Å². The Morgan fingerprint density at radius 3 is 2.46 bits per heavy atom. The van der Waals surface area contributed by atoms with Crippen LogP contribution in [0.25, 0.3) is 10.9 Å². The number of nitrogens with one attached hydrogen (secondary N) is 1. The molecule has 2 amide bonds. The van der Waals surface area contributed by atoms with Crippen LogP contribution in [-0.2, 0) is 4.79 Å². The molecule has 0 spiro atoms. The number of carbonyl (C=O) groups excluding carboxylic acids is 2. The zero-order chi connectivity index (χ0) is 18.1. The van der Waals surface area contributed by atoms with Crippen LogP contribution in [0.3, 0.4) is 0 Å². The van der Waals surface area contributed by atoms with Crippen molar-refractivity contribution >= 4 is 22.7 Å². The first kappa shape index (κ1) is 16.4. The van der Waals surface area contributed by atoms with Gasteiger partial charge in [-0.15, -0.1) is 0 Å². The zero-order valence-electron chi connectivity index (χ0n) is 14.7. The van der Waals surface area contributed by atoms with E-state index in [0.717, 1.165) is 16.5 Å². The van der Waals surface area contributed by atoms with Crippen LogP contribution < -0.4 is 0 Å². The number of hydrogen-bond donors (Lipinski definition) is 1. The normalized spacial score (nSPS) is 17.5. The largest absolute Gasteiger partial charge is 0.351 e. The van der Waals surface area contributed by atoms with Gasteiger partial charge in [0.1, 0.15) is 5.69 Å². The van der Waals surface area contributed by atoms with E-state index in [4.69, 9.17) is 0 Å². The number of benzene rings is 2. The molecule has 2 heterocycles. The first-order chi connectivity index (χ1) is 12.6. The van der Waals surface area contributed by atoms with Gasteiger partial charge in [-0.05, 0) is 17.7 Å². The predicted molar refractivity (Wildman–Crippen MR) is 101 cm³/mol. The Labute approximate surface area is 152 Å². The smallest absolute Gasteiger partial charge is 0.270 e. The van der Waals surface area contributed by atoms with Gasteiger partial charge in [0.05, 0.1) is 6.04 Å². The maximum Gasteiger partial charge on any atom is 0.270 e. The minimum Gasteiger partial charge on any atom is -0.351 e. The molecule has 0 saturated carbocycles. The van der Waals surface area contributed by atoms with Crippen LogP contribution in [0, 0.1) is 0 Å². The first-order valence-corrected chi connectivity index (χ1v) is 8.82. The molecule has 1 unspecified atom stereocenters. The van der Waals surface area contributed by atoms with Gasteiger partial charge < -0.3 is 14.8 Å². The summed E-state index contributed by atoms with van der Waals surface area (Å²) in [6, 6.07) is 19.5. The third kappa shape index (κ3) is 2.96. The molecule has 5 heteroatoms. The Balaban J connectivity index is 1.68. The number of rotatable bonds is 2. The lowest BCUT2D eigenvalue weighted by molar-refractivity contribution is -0.131. The van der Waals surface area contributed by atoms with E-state index in [9.17, 15) is 9.59 Å². The second-order valence-electron chi connectivity index (χ2n) is 6.66. The monoisotopic (exact) mass is 347 g/mol. The second-order valence-corrected chi connectivity index (χ2v) is 6.66. The third-order valence-electron chi connectivity index (χ3n) is 5.03. The van der Waals surface area contributed by atoms with Crippen LogP contribution in [0.1, 0.15) is 29.0 Å². The average Bonchev–Trinajstić information content (AvgIpc) is 3.12. The second kappa shape index (κ2) is 6.67. The van der Waals surface area contributed by atoms with Crippen molar-refractivity contribution in [3.63, 3.8) is 0 Å². The first-order valence-electron chi connectivity index (χ1n) is 8.82. The summed E-state index contributed by atoms with van der Waals surface area (Å²) in [6.07, 6.45) is 0. The Bertz CT molecular complexity index is 915. The Hall–Kier alpha value is -3.08. The van der Waals surface area contributed by atoms with E-state index in [-0.39, 0.29) is 17.9 Å². The number of H-pyrrole nitrogens is 1. The number of aromatic nitrogens is 1. The van der Waals surface area contributed by atoms with Crippen molar-refractivity contribution in [1.82, 2.24) is 14.8 Å². The zero-order valence-corrected chi connectivity index (χ0v) is 14.7. The molecule has 0 aliphatic carbocycles. The number of hydrogen-bond acceptors (Lipinski definition) is 2. The summed E-state index contributed by atoms with van der Waals surface area (Å²) in [4.78, 5) is 32.0. The number of para-hydroxylation sites is 1. The molecular weight excluding hydrogens is 326 g/mol. The number of fused-ring (bicyclic) bond motifs is 1. The van der Waals surface area contributed by atoms with E-state index in [2.05, 4.69) is 4.98 Å². The highest BCUT2D eigenvalue weighted by molar-refractivity contribution is 5.98. The summed E-state index contributed by atoms with van der Waals surface area (Å²) in [7, 11) is 0. The van der Waals surface area contributed by atoms with Crippen molar-refractivity contribution in [2.24, 2.45) is 0 Å². The highest BCUT2D eigenvalue weighted by atomic mass is 16.2. The Morgan fingerprint density at radius 2 is 1.73 bits per heavy atom. The molecule has 4 rings (SSSR count). The molecule has 1 aliphatic rings. The molecule has 5 nitrogen and oxygen atoms in total. The van der Waals surface area contributed by atoms with Crippen molar-refractivity contribution < 1.29 is 9.59 Å². The SMILES string of the molecule is CC(=O)N1CCN(C(=O)c2cc3ccccc3[nH]2)C(c2ccccc2)C1. The fourth-order valence-electron chi connectivity index (χ4n) is 3.62. The molecule has 0 bridgehead atoms. The molecule has 1 fully saturated rings. The molecule has 2 aromatic carbocycles. The molecule has 1 saturated heterocycles. The van der Waals surface area contributed by atoms with Gasteiger partial charge in [0.15, 0.2) is 0 Å². The van der Waals surface area contributed by atoms with Gasteiger partial charge >= 0.3 is 0 Å². The van der Waals surface area contributed by atoms with Crippen molar-refractivity contribution in [3.05, 3.63) is 71.9 Å². The highest BCUT2D eigenvalue weighted by Gasteiger charge is 2.33. The fraction of sp³-hybridized carbons (Fsp3) is 0.238. The number of nitrogens with zero attached hydrogens (tertiary/aromatic N) is 2. The minimum atomic E-state index is -0.146. The van der Waals surface area contributed by atoms with Crippen LogP contribution in [0.15, 0.2) is 60.7 Å². The molecule has 1 aromatic heterocycles. The fourth-order valence-corrected chi connectivity index (χ4v) is 3.62. The van der Waals surface area contributed by atoms with Crippen LogP contribution in [-0.4, -0.2) is 46.2 Å². The molecule has 1 aliphatic heterocycles. The number of carbonyl (C=O) groups is 2. The summed E-state index contributed by atoms with van der Waals surface area (Å²) in [5.41, 5.74) is 2.58. The lowest BCUT2D eigenvalue weighted by Crippen LogP contribution is -2.51. The van der Waals surface area contributed by atoms with Gasteiger partial charge in [-0.2, -0.15) is 0 Å². The standard InChI is InChI=1S/C21H21N3O2/c1-15(25)23-11-12-24(20(14-23)16-7-3-2-4-8-16)21(26)19-13-17-9-5-6-10-18(17)22-19/h2-10,13,20,22H,11-12,14H2,1H3. The van der Waals surface area contributed by atoms with Gasteiger partial charge in [-0.3, -0.25) is 9.59 Å². The number of amides is 2. The van der Waals surface area contributed by atoms with E-state index in [1.165, 1.54) is 0 Å². The van der Waals surface area contributed by atoms with Crippen molar-refractivity contribution in [3.8, 4) is 0 Å². The summed E-state index contributed by atoms with van der Waals surface area (Å²) in [5.74, 6) is 0.0156. The predicted octanol–water partition coefficient (Wildman–Crippen LogP) is 3.21. The van der Waals surface area contributed by atoms with Crippen LogP contribution >= 0.6 is 0 Å². The Kier molecular flexibility index (Phi) is 4.21. The van der Waals surface area contributed by atoms with E-state index in [1.807, 2.05) is 70.5 Å². The van der Waals surface area contributed by atoms with Gasteiger partial charge in [0.25, 0.3) is 5.91 Å². The number of piperazine rings is 1. The van der Waals surface area contributed by atoms with Crippen LogP contribution in [0.5, 0.6) is 0 Å². The van der Waals surface area contributed by atoms with Gasteiger partial charge in [-0.1, -0.05) is 48.5 Å². The molecule has 3 aromatic rings. The molecule has 0 radical (unpaired) electrons. The van der Waals surface area contributed by atoms with Crippen molar-refractivity contribution in [1.29, 1.82) is 0 Å². The quantitative estimate of drug-likeness (QED) is 0.774. The van der Waals surface area contributed by atoms with E-state index in [1.54, 1.807) is 6.92 Å². The van der Waals surface area contributed by atoms with E-state index < -0.39 is 0 Å². The Morgan fingerprint density at radius 1 is 1.00 bits per heavy atom. The molecule has 1 N–H and O–H groups in total. The average molecular weight is 347 g/mol. The summed E-state index contributed by atoms with van der Waals surface area (Å²) < 4.78 is 0. The van der Waals surface area contributed by atoms with Crippen molar-refractivity contribution in [2.75, 3.05) is 19.6 Å². The minimum absolute atomic E-state index is 0.0294. The summed E-state index contributed by atoms with van der Waals surface area (Å²) >= 11 is 0. The van der Waals surface area contributed by atoms with Gasteiger partial charge in [0, 0.05) is 37.5 Å². The van der Waals surface area contributed by atoms with Gasteiger partial charge in [-0.25, -0.2) is 0 Å². The van der Waals surface area contributed by atoms with Crippen LogP contribution in [0.4, 0.5) is 0 Å². The summed E-state index contributed by atoms with van der Waals surface area (Å²) in [6.45, 7) is 3.18. The topological polar surface area (TPSA) is 56.4 Å². The van der Waals surface area contributed by atoms with E-state index >= 15 is 0 Å². The number of aromatic amines is 1. The molecular formula is C21H21N3O2. The maximum atomic E-state index is 13.2. The highest BCUT2D eigenvalue weighted by Crippen LogP contribution is 2.28. The molecule has 26 heavy (non-hydrogen) atoms. The summed E-state index contributed by atoms with van der Waals surface area (Å²) in [5, 5.41) is 1.02. The molecule has 132 valence electrons. The maximum absolute atomic E-state index is 13.2.